The second-order valence-electron chi connectivity index (χ2n) is 11.1. The van der Waals surface area contributed by atoms with Gasteiger partial charge in [-0.05, 0) is 61.3 Å². The van der Waals surface area contributed by atoms with E-state index in [2.05, 4.69) is 10.2 Å². The minimum atomic E-state index is -0.563. The molecule has 8 nitrogen and oxygen atoms in total. The van der Waals surface area contributed by atoms with E-state index in [1.807, 2.05) is 45.9 Å². The third kappa shape index (κ3) is 4.20. The van der Waals surface area contributed by atoms with Gasteiger partial charge in [-0.2, -0.15) is 0 Å². The summed E-state index contributed by atoms with van der Waals surface area (Å²) in [6.07, 6.45) is 5.89. The second-order valence-corrected chi connectivity index (χ2v) is 11.1. The summed E-state index contributed by atoms with van der Waals surface area (Å²) in [6.45, 7) is 4.30. The van der Waals surface area contributed by atoms with Crippen LogP contribution in [0.15, 0.2) is 53.5 Å². The van der Waals surface area contributed by atoms with Crippen LogP contribution in [0.2, 0.25) is 0 Å². The lowest BCUT2D eigenvalue weighted by Gasteiger charge is -2.29. The fourth-order valence-corrected chi connectivity index (χ4v) is 6.34. The van der Waals surface area contributed by atoms with Crippen LogP contribution >= 0.6 is 0 Å². The molecule has 1 amide bonds. The van der Waals surface area contributed by atoms with Crippen LogP contribution in [0.5, 0.6) is 11.5 Å². The molecule has 1 aromatic heterocycles. The number of ether oxygens (including phenoxy) is 1. The van der Waals surface area contributed by atoms with E-state index in [-0.39, 0.29) is 22.7 Å². The summed E-state index contributed by atoms with van der Waals surface area (Å²) in [5, 5.41) is 4.99. The summed E-state index contributed by atoms with van der Waals surface area (Å²) in [7, 11) is 0. The molecular formula is C31H32FN5O3. The molecule has 2 fully saturated rings. The van der Waals surface area contributed by atoms with Crippen molar-refractivity contribution in [3.05, 3.63) is 70.3 Å². The molecule has 1 unspecified atom stereocenters. The van der Waals surface area contributed by atoms with E-state index in [9.17, 15) is 9.59 Å². The Morgan fingerprint density at radius 3 is 2.60 bits per heavy atom. The molecule has 9 heteroatoms. The van der Waals surface area contributed by atoms with Crippen molar-refractivity contribution in [2.45, 2.75) is 31.7 Å². The first-order valence-electron chi connectivity index (χ1n) is 14.1. The van der Waals surface area contributed by atoms with Gasteiger partial charge in [0.1, 0.15) is 16.8 Å². The van der Waals surface area contributed by atoms with Gasteiger partial charge in [0.2, 0.25) is 5.43 Å². The Hall–Kier alpha value is -3.95. The first kappa shape index (κ1) is 25.0. The lowest BCUT2D eigenvalue weighted by molar-refractivity contribution is 0.0945. The molecule has 0 radical (unpaired) electrons. The summed E-state index contributed by atoms with van der Waals surface area (Å²) in [4.78, 5) is 31.3. The fraction of sp³-hybridized carbons (Fsp3) is 0.355. The average molecular weight is 542 g/mol. The van der Waals surface area contributed by atoms with E-state index in [4.69, 9.17) is 10.5 Å². The zero-order valence-corrected chi connectivity index (χ0v) is 22.3. The highest BCUT2D eigenvalue weighted by atomic mass is 19.1. The monoisotopic (exact) mass is 541 g/mol. The number of anilines is 1. The normalized spacial score (nSPS) is 18.6. The Morgan fingerprint density at radius 2 is 1.85 bits per heavy atom. The summed E-state index contributed by atoms with van der Waals surface area (Å²) in [6, 6.07) is 13.0. The minimum Gasteiger partial charge on any atom is -0.451 e. The maximum atomic E-state index is 15.8. The molecule has 0 bridgehead atoms. The van der Waals surface area contributed by atoms with Crippen molar-refractivity contribution in [1.29, 1.82) is 0 Å². The van der Waals surface area contributed by atoms with Crippen LogP contribution in [0.1, 0.15) is 36.0 Å². The van der Waals surface area contributed by atoms with Gasteiger partial charge in [-0.25, -0.2) is 4.39 Å². The van der Waals surface area contributed by atoms with Crippen molar-refractivity contribution in [2.75, 3.05) is 44.2 Å². The molecule has 4 aromatic rings. The van der Waals surface area contributed by atoms with Crippen LogP contribution in [-0.2, 0) is 0 Å². The largest absolute Gasteiger partial charge is 0.451 e. The number of carbonyl (C=O) groups excluding carboxylic acids is 1. The number of piperidine rings is 1. The highest BCUT2D eigenvalue weighted by Crippen LogP contribution is 2.48. The van der Waals surface area contributed by atoms with Crippen LogP contribution in [-0.4, -0.2) is 60.7 Å². The Labute approximate surface area is 231 Å². The van der Waals surface area contributed by atoms with Gasteiger partial charge >= 0.3 is 0 Å². The first-order chi connectivity index (χ1) is 19.5. The van der Waals surface area contributed by atoms with Gasteiger partial charge in [0.15, 0.2) is 17.3 Å². The lowest BCUT2D eigenvalue weighted by Crippen LogP contribution is -2.39. The predicted octanol–water partition coefficient (Wildman–Crippen LogP) is 4.14. The van der Waals surface area contributed by atoms with Crippen molar-refractivity contribution in [2.24, 2.45) is 5.73 Å². The number of pyridine rings is 1. The van der Waals surface area contributed by atoms with Crippen LogP contribution in [0.3, 0.4) is 0 Å². The number of hydrogen-bond donors (Lipinski definition) is 2. The molecule has 206 valence electrons. The summed E-state index contributed by atoms with van der Waals surface area (Å²) in [5.41, 5.74) is 7.06. The SMILES string of the molecule is NC1CCN(c2c(F)cc3c(=O)c(C(=O)NCCN4CCCCC4)cn4c3c2Oc2cc3ccccc3cc2-4)C1. The lowest BCUT2D eigenvalue weighted by atomic mass is 10.0. The highest BCUT2D eigenvalue weighted by Gasteiger charge is 2.33. The molecule has 1 atom stereocenters. The third-order valence-electron chi connectivity index (χ3n) is 8.42. The van der Waals surface area contributed by atoms with Gasteiger partial charge in [0.25, 0.3) is 5.91 Å². The molecule has 3 aliphatic heterocycles. The number of halogens is 1. The summed E-state index contributed by atoms with van der Waals surface area (Å²) in [5.74, 6) is -0.214. The van der Waals surface area contributed by atoms with Crippen LogP contribution in [0.25, 0.3) is 27.4 Å². The van der Waals surface area contributed by atoms with E-state index in [0.29, 0.717) is 42.3 Å². The van der Waals surface area contributed by atoms with Crippen molar-refractivity contribution in [1.82, 2.24) is 14.8 Å². The molecule has 2 saturated heterocycles. The number of hydrogen-bond acceptors (Lipinski definition) is 6. The van der Waals surface area contributed by atoms with E-state index < -0.39 is 17.2 Å². The second kappa shape index (κ2) is 9.91. The zero-order valence-electron chi connectivity index (χ0n) is 22.3. The predicted molar refractivity (Wildman–Crippen MR) is 155 cm³/mol. The number of aromatic nitrogens is 1. The first-order valence-corrected chi connectivity index (χ1v) is 14.1. The highest BCUT2D eigenvalue weighted by molar-refractivity contribution is 6.02. The number of rotatable bonds is 5. The number of nitrogens with one attached hydrogen (secondary N) is 1. The molecule has 0 aliphatic carbocycles. The third-order valence-corrected chi connectivity index (χ3v) is 8.42. The van der Waals surface area contributed by atoms with Gasteiger partial charge in [-0.1, -0.05) is 30.7 Å². The number of carbonyl (C=O) groups is 1. The number of benzene rings is 3. The zero-order chi connectivity index (χ0) is 27.4. The molecule has 40 heavy (non-hydrogen) atoms. The molecule has 7 rings (SSSR count). The van der Waals surface area contributed by atoms with Gasteiger partial charge < -0.3 is 30.2 Å². The van der Waals surface area contributed by atoms with Crippen LogP contribution in [0.4, 0.5) is 10.1 Å². The molecule has 3 aliphatic rings. The molecule has 0 spiro atoms. The summed E-state index contributed by atoms with van der Waals surface area (Å²) < 4.78 is 24.1. The van der Waals surface area contributed by atoms with E-state index in [1.165, 1.54) is 25.3 Å². The maximum absolute atomic E-state index is 15.8. The van der Waals surface area contributed by atoms with Crippen LogP contribution < -0.4 is 26.1 Å². The fourth-order valence-electron chi connectivity index (χ4n) is 6.34. The molecule has 3 N–H and O–H groups in total. The summed E-state index contributed by atoms with van der Waals surface area (Å²) >= 11 is 0. The molecule has 4 heterocycles. The molecule has 3 aromatic carbocycles. The van der Waals surface area contributed by atoms with Crippen LogP contribution in [0, 0.1) is 5.82 Å². The Kier molecular flexibility index (Phi) is 6.20. The van der Waals surface area contributed by atoms with E-state index in [1.54, 1.807) is 6.20 Å². The number of fused-ring (bicyclic) bond motifs is 3. The number of amides is 1. The van der Waals surface area contributed by atoms with Gasteiger partial charge in [-0.3, -0.25) is 9.59 Å². The standard InChI is InChI=1S/C31H32FN5O3/c32-24-16-22-27-30(28(24)36-12-8-21(33)17-36)40-26-15-20-7-3-2-6-19(20)14-25(26)37(27)18-23(29(22)38)31(39)34-9-13-35-10-4-1-5-11-35/h2-3,6-7,14-16,18,21H,1,4-5,8-13,17,33H2,(H,34,39). The Morgan fingerprint density at radius 1 is 1.07 bits per heavy atom. The maximum Gasteiger partial charge on any atom is 0.256 e. The molecular weight excluding hydrogens is 509 g/mol. The Balaban J connectivity index is 1.37. The Bertz CT molecular complexity index is 1710. The van der Waals surface area contributed by atoms with Crippen molar-refractivity contribution in [3.63, 3.8) is 0 Å². The number of likely N-dealkylation sites (tertiary alicyclic amines) is 1. The smallest absolute Gasteiger partial charge is 0.256 e. The van der Waals surface area contributed by atoms with Gasteiger partial charge in [0, 0.05) is 38.4 Å². The van der Waals surface area contributed by atoms with Crippen molar-refractivity contribution < 1.29 is 13.9 Å². The van der Waals surface area contributed by atoms with Gasteiger partial charge in [-0.15, -0.1) is 0 Å². The van der Waals surface area contributed by atoms with E-state index >= 15 is 4.39 Å². The average Bonchev–Trinajstić information content (AvgIpc) is 3.39. The van der Waals surface area contributed by atoms with Crippen molar-refractivity contribution >= 4 is 33.3 Å². The number of nitrogens with zero attached hydrogens (tertiary/aromatic N) is 3. The van der Waals surface area contributed by atoms with Gasteiger partial charge in [0.05, 0.1) is 11.1 Å². The van der Waals surface area contributed by atoms with E-state index in [0.717, 1.165) is 36.8 Å². The quantitative estimate of drug-likeness (QED) is 0.348. The topological polar surface area (TPSA) is 92.8 Å². The van der Waals surface area contributed by atoms with Crippen molar-refractivity contribution in [3.8, 4) is 17.2 Å². The minimum absolute atomic E-state index is 0.0200. The molecule has 0 saturated carbocycles. The number of nitrogens with two attached hydrogens (primary N) is 1.